The van der Waals surface area contributed by atoms with Crippen LogP contribution in [0.1, 0.15) is 11.6 Å². The molecule has 0 bridgehead atoms. The van der Waals surface area contributed by atoms with Crippen molar-refractivity contribution in [2.45, 2.75) is 6.04 Å². The summed E-state index contributed by atoms with van der Waals surface area (Å²) >= 11 is 5.67. The number of primary amides is 1. The molecule has 2 rings (SSSR count). The van der Waals surface area contributed by atoms with Gasteiger partial charge in [-0.05, 0) is 17.7 Å². The van der Waals surface area contributed by atoms with Gasteiger partial charge in [-0.25, -0.2) is 9.37 Å². The minimum atomic E-state index is -1.10. The van der Waals surface area contributed by atoms with E-state index < -0.39 is 28.4 Å². The lowest BCUT2D eigenvalue weighted by Gasteiger charge is -2.16. The number of pyridine rings is 1. The lowest BCUT2D eigenvalue weighted by Crippen LogP contribution is -2.28. The standard InChI is InChI=1S/C13H10ClFN4O3/c14-8-5-10(19(21)22)13(17-6-8)18-11(12(16)20)7-1-3-9(15)4-2-7/h1-6,11H,(H2,16,20)(H,17,18)/t11-/m0/s1. The van der Waals surface area contributed by atoms with Crippen molar-refractivity contribution in [3.8, 4) is 0 Å². The molecule has 0 saturated carbocycles. The molecule has 9 heteroatoms. The van der Waals surface area contributed by atoms with Gasteiger partial charge < -0.3 is 11.1 Å². The molecule has 0 aliphatic carbocycles. The third-order valence-electron chi connectivity index (χ3n) is 2.80. The van der Waals surface area contributed by atoms with Gasteiger partial charge in [0.05, 0.1) is 9.95 Å². The number of halogens is 2. The molecule has 0 radical (unpaired) electrons. The van der Waals surface area contributed by atoms with Gasteiger partial charge in [0.15, 0.2) is 0 Å². The second-order valence-corrected chi connectivity index (χ2v) is 4.75. The molecule has 3 N–H and O–H groups in total. The van der Waals surface area contributed by atoms with Crippen LogP contribution < -0.4 is 11.1 Å². The van der Waals surface area contributed by atoms with E-state index in [9.17, 15) is 19.3 Å². The Morgan fingerprint density at radius 1 is 1.41 bits per heavy atom. The Morgan fingerprint density at radius 3 is 2.59 bits per heavy atom. The fraction of sp³-hybridized carbons (Fsp3) is 0.0769. The van der Waals surface area contributed by atoms with Crippen molar-refractivity contribution in [2.24, 2.45) is 5.73 Å². The summed E-state index contributed by atoms with van der Waals surface area (Å²) in [7, 11) is 0. The summed E-state index contributed by atoms with van der Waals surface area (Å²) in [6.07, 6.45) is 1.19. The maximum atomic E-state index is 12.9. The van der Waals surface area contributed by atoms with Crippen molar-refractivity contribution >= 4 is 29.0 Å². The Hall–Kier alpha value is -2.74. The largest absolute Gasteiger partial charge is 0.368 e. The van der Waals surface area contributed by atoms with Crippen LogP contribution in [-0.2, 0) is 4.79 Å². The molecule has 0 saturated heterocycles. The molecule has 1 heterocycles. The van der Waals surface area contributed by atoms with E-state index in [2.05, 4.69) is 10.3 Å². The second-order valence-electron chi connectivity index (χ2n) is 4.31. The van der Waals surface area contributed by atoms with E-state index in [0.717, 1.165) is 18.2 Å². The van der Waals surface area contributed by atoms with E-state index in [1.54, 1.807) is 0 Å². The minimum absolute atomic E-state index is 0.0784. The number of carbonyl (C=O) groups excluding carboxylic acids is 1. The number of aromatic nitrogens is 1. The molecule has 0 aliphatic heterocycles. The molecule has 1 atom stereocenters. The second kappa shape index (κ2) is 6.35. The van der Waals surface area contributed by atoms with E-state index in [0.29, 0.717) is 5.56 Å². The van der Waals surface area contributed by atoms with Crippen molar-refractivity contribution in [2.75, 3.05) is 5.32 Å². The highest BCUT2D eigenvalue weighted by molar-refractivity contribution is 6.30. The van der Waals surface area contributed by atoms with Crippen molar-refractivity contribution in [3.05, 3.63) is 63.0 Å². The number of anilines is 1. The predicted octanol–water partition coefficient (Wildman–Crippen LogP) is 2.42. The van der Waals surface area contributed by atoms with Crippen LogP contribution >= 0.6 is 11.6 Å². The molecule has 0 spiro atoms. The van der Waals surface area contributed by atoms with Crippen LogP contribution in [0.25, 0.3) is 0 Å². The van der Waals surface area contributed by atoms with Gasteiger partial charge in [0.2, 0.25) is 11.7 Å². The summed E-state index contributed by atoms with van der Waals surface area (Å²) in [6, 6.07) is 4.99. The first-order chi connectivity index (χ1) is 10.4. The van der Waals surface area contributed by atoms with Crippen molar-refractivity contribution in [3.63, 3.8) is 0 Å². The maximum absolute atomic E-state index is 12.9. The monoisotopic (exact) mass is 324 g/mol. The molecule has 1 aromatic carbocycles. The molecule has 2 aromatic rings. The Bertz CT molecular complexity index is 724. The number of benzene rings is 1. The van der Waals surface area contributed by atoms with Gasteiger partial charge in [0, 0.05) is 12.3 Å². The summed E-state index contributed by atoms with van der Waals surface area (Å²) in [6.45, 7) is 0. The molecule has 0 fully saturated rings. The topological polar surface area (TPSA) is 111 Å². The summed E-state index contributed by atoms with van der Waals surface area (Å²) in [5, 5.41) is 13.7. The highest BCUT2D eigenvalue weighted by Gasteiger charge is 2.23. The lowest BCUT2D eigenvalue weighted by atomic mass is 10.1. The number of hydrogen-bond acceptors (Lipinski definition) is 5. The van der Waals surface area contributed by atoms with Crippen LogP contribution in [0.5, 0.6) is 0 Å². The predicted molar refractivity (Wildman–Crippen MR) is 77.9 cm³/mol. The summed E-state index contributed by atoms with van der Waals surface area (Å²) in [5.41, 5.74) is 5.24. The van der Waals surface area contributed by atoms with Crippen molar-refractivity contribution in [1.82, 2.24) is 4.98 Å². The zero-order valence-electron chi connectivity index (χ0n) is 11.0. The maximum Gasteiger partial charge on any atom is 0.312 e. The van der Waals surface area contributed by atoms with Crippen molar-refractivity contribution in [1.29, 1.82) is 0 Å². The van der Waals surface area contributed by atoms with Gasteiger partial charge in [-0.15, -0.1) is 0 Å². The van der Waals surface area contributed by atoms with Crippen molar-refractivity contribution < 1.29 is 14.1 Å². The fourth-order valence-corrected chi connectivity index (χ4v) is 1.94. The van der Waals surface area contributed by atoms with Crippen LogP contribution in [0.4, 0.5) is 15.9 Å². The zero-order chi connectivity index (χ0) is 16.3. The van der Waals surface area contributed by atoms with E-state index in [-0.39, 0.29) is 10.8 Å². The van der Waals surface area contributed by atoms with Gasteiger partial charge in [-0.2, -0.15) is 0 Å². The molecule has 114 valence electrons. The average Bonchev–Trinajstić information content (AvgIpc) is 2.46. The quantitative estimate of drug-likeness (QED) is 0.648. The Kier molecular flexibility index (Phi) is 4.52. The van der Waals surface area contributed by atoms with Gasteiger partial charge in [0.1, 0.15) is 11.9 Å². The first-order valence-corrected chi connectivity index (χ1v) is 6.37. The molecule has 7 nitrogen and oxygen atoms in total. The van der Waals surface area contributed by atoms with Crippen LogP contribution in [0.3, 0.4) is 0 Å². The SMILES string of the molecule is NC(=O)[C@@H](Nc1ncc(Cl)cc1[N+](=O)[O-])c1ccc(F)cc1. The van der Waals surface area contributed by atoms with Crippen LogP contribution in [0.15, 0.2) is 36.5 Å². The highest BCUT2D eigenvalue weighted by Crippen LogP contribution is 2.28. The van der Waals surface area contributed by atoms with Gasteiger partial charge in [0.25, 0.3) is 0 Å². The molecule has 1 amide bonds. The van der Waals surface area contributed by atoms with Gasteiger partial charge in [-0.1, -0.05) is 23.7 Å². The molecular formula is C13H10ClFN4O3. The number of hydrogen-bond donors (Lipinski definition) is 2. The lowest BCUT2D eigenvalue weighted by molar-refractivity contribution is -0.384. The number of amides is 1. The van der Waals surface area contributed by atoms with Gasteiger partial charge >= 0.3 is 5.69 Å². The number of nitrogens with one attached hydrogen (secondary N) is 1. The Balaban J connectivity index is 2.39. The molecule has 22 heavy (non-hydrogen) atoms. The zero-order valence-corrected chi connectivity index (χ0v) is 11.7. The molecule has 1 aromatic heterocycles. The minimum Gasteiger partial charge on any atom is -0.368 e. The highest BCUT2D eigenvalue weighted by atomic mass is 35.5. The average molecular weight is 325 g/mol. The Morgan fingerprint density at radius 2 is 2.05 bits per heavy atom. The molecule has 0 aliphatic rings. The van der Waals surface area contributed by atoms with Crippen LogP contribution in [-0.4, -0.2) is 15.8 Å². The number of carbonyl (C=O) groups is 1. The van der Waals surface area contributed by atoms with E-state index in [1.807, 2.05) is 0 Å². The third-order valence-corrected chi connectivity index (χ3v) is 3.01. The number of nitrogens with two attached hydrogens (primary N) is 1. The summed E-state index contributed by atoms with van der Waals surface area (Å²) < 4.78 is 12.9. The first kappa shape index (κ1) is 15.6. The fourth-order valence-electron chi connectivity index (χ4n) is 1.79. The third kappa shape index (κ3) is 3.47. The Labute approximate surface area is 129 Å². The van der Waals surface area contributed by atoms with Gasteiger partial charge in [-0.3, -0.25) is 14.9 Å². The number of rotatable bonds is 5. The van der Waals surface area contributed by atoms with Crippen LogP contribution in [0, 0.1) is 15.9 Å². The van der Waals surface area contributed by atoms with Crippen LogP contribution in [0.2, 0.25) is 5.02 Å². The summed E-state index contributed by atoms with van der Waals surface area (Å²) in [4.78, 5) is 25.7. The smallest absolute Gasteiger partial charge is 0.312 e. The van der Waals surface area contributed by atoms with E-state index in [4.69, 9.17) is 17.3 Å². The normalized spacial score (nSPS) is 11.7. The molecule has 0 unspecified atom stereocenters. The molecular weight excluding hydrogens is 315 g/mol. The first-order valence-electron chi connectivity index (χ1n) is 5.99. The number of nitro groups is 1. The summed E-state index contributed by atoms with van der Waals surface area (Å²) in [5.74, 6) is -1.44. The van der Waals surface area contributed by atoms with E-state index >= 15 is 0 Å². The number of nitrogens with zero attached hydrogens (tertiary/aromatic N) is 2. The van der Waals surface area contributed by atoms with E-state index in [1.165, 1.54) is 18.3 Å².